The highest BCUT2D eigenvalue weighted by atomic mass is 35.5. The third-order valence-corrected chi connectivity index (χ3v) is 9.20. The largest absolute Gasteiger partial charge is 0.481 e. The molecule has 0 spiro atoms. The number of nitrogens with one attached hydrogen (secondary N) is 1. The van der Waals surface area contributed by atoms with Crippen LogP contribution in [0.15, 0.2) is 48.5 Å². The van der Waals surface area contributed by atoms with Crippen molar-refractivity contribution in [2.45, 2.75) is 32.0 Å². The molecule has 1 amide bonds. The first-order chi connectivity index (χ1) is 21.2. The summed E-state index contributed by atoms with van der Waals surface area (Å²) in [6.45, 7) is 2.75. The predicted molar refractivity (Wildman–Crippen MR) is 169 cm³/mol. The number of aliphatic carboxylic acids is 1. The fraction of sp³-hybridized carbons (Fsp3) is 0.312. The number of nitrogens with zero attached hydrogens (tertiary/aromatic N) is 5. The molecule has 2 aromatic carbocycles. The van der Waals surface area contributed by atoms with Crippen molar-refractivity contribution in [1.29, 1.82) is 0 Å². The number of aromatic nitrogens is 3. The first-order valence-electron chi connectivity index (χ1n) is 14.3. The SMILES string of the molecule is COc1nc(-c2cccc(-c3cccc(NC(=O)c4nc5c(n4C)CCN(C)C5)c3Cl)c2Cl)ccc1CN1CC[C@H]1C(=O)O. The van der Waals surface area contributed by atoms with E-state index in [9.17, 15) is 14.7 Å². The molecule has 2 N–H and O–H groups in total. The maximum absolute atomic E-state index is 13.3. The molecule has 10 nitrogen and oxygen atoms in total. The summed E-state index contributed by atoms with van der Waals surface area (Å²) in [7, 11) is 5.44. The molecule has 1 saturated heterocycles. The first-order valence-corrected chi connectivity index (χ1v) is 15.0. The number of ether oxygens (including phenoxy) is 1. The number of hydrogen-bond donors (Lipinski definition) is 2. The monoisotopic (exact) mass is 634 g/mol. The number of imidazole rings is 1. The third kappa shape index (κ3) is 5.54. The summed E-state index contributed by atoms with van der Waals surface area (Å²) >= 11 is 13.9. The van der Waals surface area contributed by atoms with Crippen LogP contribution in [0.5, 0.6) is 5.88 Å². The van der Waals surface area contributed by atoms with Crippen molar-refractivity contribution in [2.75, 3.05) is 32.6 Å². The van der Waals surface area contributed by atoms with E-state index in [2.05, 4.69) is 15.2 Å². The van der Waals surface area contributed by atoms with E-state index in [0.717, 1.165) is 29.9 Å². The fourth-order valence-electron chi connectivity index (χ4n) is 5.86. The van der Waals surface area contributed by atoms with Gasteiger partial charge in [-0.1, -0.05) is 59.6 Å². The van der Waals surface area contributed by atoms with Crippen molar-refractivity contribution < 1.29 is 19.4 Å². The number of methoxy groups -OCH3 is 1. The van der Waals surface area contributed by atoms with Crippen LogP contribution in [-0.2, 0) is 31.4 Å². The second kappa shape index (κ2) is 12.2. The Kier molecular flexibility index (Phi) is 8.34. The van der Waals surface area contributed by atoms with Crippen LogP contribution in [0.25, 0.3) is 22.4 Å². The van der Waals surface area contributed by atoms with E-state index in [1.165, 1.54) is 7.11 Å². The van der Waals surface area contributed by atoms with Gasteiger partial charge in [0.05, 0.1) is 34.2 Å². The Balaban J connectivity index is 1.27. The van der Waals surface area contributed by atoms with Gasteiger partial charge in [-0.05, 0) is 25.6 Å². The summed E-state index contributed by atoms with van der Waals surface area (Å²) in [4.78, 5) is 38.2. The second-order valence-electron chi connectivity index (χ2n) is 11.1. The molecule has 4 heterocycles. The van der Waals surface area contributed by atoms with Gasteiger partial charge in [0.2, 0.25) is 5.88 Å². The summed E-state index contributed by atoms with van der Waals surface area (Å²) in [6.07, 6.45) is 1.46. The lowest BCUT2D eigenvalue weighted by Crippen LogP contribution is -2.51. The van der Waals surface area contributed by atoms with Gasteiger partial charge in [-0.3, -0.25) is 14.5 Å². The van der Waals surface area contributed by atoms with Gasteiger partial charge in [0.25, 0.3) is 5.91 Å². The summed E-state index contributed by atoms with van der Waals surface area (Å²) in [5, 5.41) is 13.1. The molecule has 0 unspecified atom stereocenters. The molecule has 1 fully saturated rings. The van der Waals surface area contributed by atoms with Gasteiger partial charge in [0.1, 0.15) is 6.04 Å². The van der Waals surface area contributed by atoms with Crippen LogP contribution in [0.1, 0.15) is 34.0 Å². The summed E-state index contributed by atoms with van der Waals surface area (Å²) in [5.74, 6) is -0.421. The number of anilines is 1. The topological polar surface area (TPSA) is 113 Å². The Hall–Kier alpha value is -3.96. The Morgan fingerprint density at radius 2 is 1.73 bits per heavy atom. The van der Waals surface area contributed by atoms with Crippen molar-refractivity contribution in [3.05, 3.63) is 81.4 Å². The number of carbonyl (C=O) groups is 2. The highest BCUT2D eigenvalue weighted by Gasteiger charge is 2.34. The molecule has 1 atom stereocenters. The van der Waals surface area contributed by atoms with Crippen LogP contribution in [0, 0.1) is 0 Å². The van der Waals surface area contributed by atoms with Gasteiger partial charge in [-0.2, -0.15) is 0 Å². The number of amides is 1. The number of carboxylic acids is 1. The molecular weight excluding hydrogens is 603 g/mol. The zero-order valence-electron chi connectivity index (χ0n) is 24.6. The minimum absolute atomic E-state index is 0.336. The molecule has 0 aliphatic carbocycles. The number of pyridine rings is 1. The first kappa shape index (κ1) is 30.1. The maximum atomic E-state index is 13.3. The Morgan fingerprint density at radius 1 is 1.00 bits per heavy atom. The second-order valence-corrected chi connectivity index (χ2v) is 11.9. The van der Waals surface area contributed by atoms with Crippen LogP contribution in [0.4, 0.5) is 5.69 Å². The molecule has 0 radical (unpaired) electrons. The predicted octanol–water partition coefficient (Wildman–Crippen LogP) is 5.36. The molecule has 2 aliphatic rings. The fourth-order valence-corrected chi connectivity index (χ4v) is 6.46. The Labute approximate surface area is 265 Å². The molecule has 0 bridgehead atoms. The lowest BCUT2D eigenvalue weighted by Gasteiger charge is -2.38. The van der Waals surface area contributed by atoms with Crippen molar-refractivity contribution in [3.8, 4) is 28.3 Å². The van der Waals surface area contributed by atoms with Gasteiger partial charge in [0.15, 0.2) is 5.82 Å². The normalized spacial score (nSPS) is 16.7. The quantitative estimate of drug-likeness (QED) is 0.266. The van der Waals surface area contributed by atoms with E-state index in [0.29, 0.717) is 75.9 Å². The van der Waals surface area contributed by atoms with E-state index < -0.39 is 12.0 Å². The van der Waals surface area contributed by atoms with E-state index in [-0.39, 0.29) is 5.91 Å². The zero-order valence-corrected chi connectivity index (χ0v) is 26.1. The van der Waals surface area contributed by atoms with Crippen LogP contribution >= 0.6 is 23.2 Å². The number of fused-ring (bicyclic) bond motifs is 1. The lowest BCUT2D eigenvalue weighted by molar-refractivity contribution is -0.148. The number of carbonyl (C=O) groups excluding carboxylic acids is 1. The standard InChI is InChI=1S/C32H32Cl2N6O4/c1-38-14-12-25-24(17-38)35-29(39(25)2)30(41)36-23-9-5-7-20(28(23)34)19-6-4-8-21(27(19)33)22-11-10-18(31(37-22)44-3)16-40-15-13-26(40)32(42)43/h4-11,26H,12-17H2,1-3H3,(H,36,41)(H,42,43)/t26-/m0/s1. The number of rotatable bonds is 8. The maximum Gasteiger partial charge on any atom is 0.320 e. The van der Waals surface area contributed by atoms with Crippen LogP contribution in [-0.4, -0.2) is 74.6 Å². The van der Waals surface area contributed by atoms with Crippen molar-refractivity contribution in [1.82, 2.24) is 24.3 Å². The van der Waals surface area contributed by atoms with Crippen LogP contribution in [0.2, 0.25) is 10.0 Å². The third-order valence-electron chi connectivity index (χ3n) is 8.38. The average molecular weight is 636 g/mol. The van der Waals surface area contributed by atoms with E-state index in [1.54, 1.807) is 6.07 Å². The lowest BCUT2D eigenvalue weighted by atomic mass is 9.99. The average Bonchev–Trinajstić information content (AvgIpc) is 3.31. The van der Waals surface area contributed by atoms with Crippen LogP contribution in [0.3, 0.4) is 0 Å². The Morgan fingerprint density at radius 3 is 2.43 bits per heavy atom. The number of halogens is 2. The summed E-state index contributed by atoms with van der Waals surface area (Å²) < 4.78 is 7.43. The molecule has 4 aromatic rings. The van der Waals surface area contributed by atoms with Gasteiger partial charge in [-0.25, -0.2) is 9.97 Å². The number of likely N-dealkylation sites (tertiary alicyclic amines) is 1. The molecule has 12 heteroatoms. The molecule has 44 heavy (non-hydrogen) atoms. The molecule has 6 rings (SSSR count). The number of benzene rings is 2. The minimum Gasteiger partial charge on any atom is -0.481 e. The summed E-state index contributed by atoms with van der Waals surface area (Å²) in [5.41, 5.74) is 5.83. The van der Waals surface area contributed by atoms with E-state index in [1.807, 2.05) is 66.0 Å². The molecular formula is C32H32Cl2N6O4. The highest BCUT2D eigenvalue weighted by Crippen LogP contribution is 2.41. The zero-order chi connectivity index (χ0) is 31.1. The molecule has 228 valence electrons. The van der Waals surface area contributed by atoms with Crippen molar-refractivity contribution >= 4 is 40.8 Å². The number of carboxylic acid groups (broad SMARTS) is 1. The smallest absolute Gasteiger partial charge is 0.320 e. The van der Waals surface area contributed by atoms with Crippen molar-refractivity contribution in [2.24, 2.45) is 7.05 Å². The number of hydrogen-bond acceptors (Lipinski definition) is 7. The van der Waals surface area contributed by atoms with Gasteiger partial charge in [0, 0.05) is 67.6 Å². The van der Waals surface area contributed by atoms with E-state index >= 15 is 0 Å². The minimum atomic E-state index is -0.825. The van der Waals surface area contributed by atoms with Gasteiger partial charge < -0.3 is 24.6 Å². The van der Waals surface area contributed by atoms with Gasteiger partial charge in [-0.15, -0.1) is 0 Å². The number of likely N-dealkylation sites (N-methyl/N-ethyl adjacent to an activating group) is 1. The van der Waals surface area contributed by atoms with E-state index in [4.69, 9.17) is 32.9 Å². The molecule has 0 saturated carbocycles. The molecule has 2 aromatic heterocycles. The highest BCUT2D eigenvalue weighted by molar-refractivity contribution is 6.39. The van der Waals surface area contributed by atoms with Crippen molar-refractivity contribution in [3.63, 3.8) is 0 Å². The van der Waals surface area contributed by atoms with Gasteiger partial charge >= 0.3 is 5.97 Å². The summed E-state index contributed by atoms with van der Waals surface area (Å²) in [6, 6.07) is 14.2. The van der Waals surface area contributed by atoms with Crippen LogP contribution < -0.4 is 10.1 Å². The molecule has 2 aliphatic heterocycles. The Bertz CT molecular complexity index is 1770.